The fourth-order valence-corrected chi connectivity index (χ4v) is 2.11. The SMILES string of the molecule is CC(Cl)c1nc2cnccc2n1CC(C)(C)C(N)=O. The predicted molar refractivity (Wildman–Crippen MR) is 74.8 cm³/mol. The molecule has 0 aromatic carbocycles. The van der Waals surface area contributed by atoms with E-state index in [1.54, 1.807) is 12.4 Å². The van der Waals surface area contributed by atoms with E-state index >= 15 is 0 Å². The monoisotopic (exact) mass is 280 g/mol. The van der Waals surface area contributed by atoms with E-state index in [0.717, 1.165) is 16.9 Å². The Labute approximate surface area is 116 Å². The van der Waals surface area contributed by atoms with Crippen molar-refractivity contribution in [2.24, 2.45) is 11.1 Å². The molecule has 0 spiro atoms. The fourth-order valence-electron chi connectivity index (χ4n) is 1.94. The topological polar surface area (TPSA) is 73.8 Å². The van der Waals surface area contributed by atoms with Crippen LogP contribution in [0.2, 0.25) is 0 Å². The summed E-state index contributed by atoms with van der Waals surface area (Å²) in [5.74, 6) is 0.371. The second kappa shape index (κ2) is 4.81. The molecule has 0 saturated heterocycles. The molecular weight excluding hydrogens is 264 g/mol. The normalized spacial score (nSPS) is 13.7. The maximum absolute atomic E-state index is 11.5. The van der Waals surface area contributed by atoms with Gasteiger partial charge in [-0.3, -0.25) is 9.78 Å². The second-order valence-corrected chi connectivity index (χ2v) is 5.94. The Morgan fingerprint density at radius 3 is 2.84 bits per heavy atom. The molecule has 1 unspecified atom stereocenters. The Morgan fingerprint density at radius 2 is 2.26 bits per heavy atom. The minimum Gasteiger partial charge on any atom is -0.369 e. The van der Waals surface area contributed by atoms with Crippen molar-refractivity contribution >= 4 is 28.5 Å². The summed E-state index contributed by atoms with van der Waals surface area (Å²) in [4.78, 5) is 20.0. The number of rotatable bonds is 4. The maximum Gasteiger partial charge on any atom is 0.224 e. The van der Waals surface area contributed by atoms with Crippen molar-refractivity contribution in [3.63, 3.8) is 0 Å². The van der Waals surface area contributed by atoms with E-state index < -0.39 is 5.41 Å². The van der Waals surface area contributed by atoms with Crippen LogP contribution < -0.4 is 5.73 Å². The number of hydrogen-bond donors (Lipinski definition) is 1. The molecule has 2 rings (SSSR count). The molecule has 1 atom stereocenters. The summed E-state index contributed by atoms with van der Waals surface area (Å²) in [5.41, 5.74) is 6.45. The Morgan fingerprint density at radius 1 is 1.58 bits per heavy atom. The van der Waals surface area contributed by atoms with E-state index in [0.29, 0.717) is 6.54 Å². The number of halogens is 1. The van der Waals surface area contributed by atoms with Gasteiger partial charge in [-0.05, 0) is 26.8 Å². The molecule has 19 heavy (non-hydrogen) atoms. The smallest absolute Gasteiger partial charge is 0.224 e. The Bertz CT molecular complexity index is 618. The third-order valence-electron chi connectivity index (χ3n) is 3.16. The Kier molecular flexibility index (Phi) is 3.49. The molecule has 2 N–H and O–H groups in total. The number of nitrogens with two attached hydrogens (primary N) is 1. The van der Waals surface area contributed by atoms with Crippen molar-refractivity contribution in [3.05, 3.63) is 24.3 Å². The van der Waals surface area contributed by atoms with Gasteiger partial charge in [-0.1, -0.05) is 0 Å². The number of pyridine rings is 1. The number of aromatic nitrogens is 3. The number of carbonyl (C=O) groups excluding carboxylic acids is 1. The van der Waals surface area contributed by atoms with Crippen molar-refractivity contribution < 1.29 is 4.79 Å². The lowest BCUT2D eigenvalue weighted by atomic mass is 9.92. The first-order valence-electron chi connectivity index (χ1n) is 6.07. The molecule has 0 fully saturated rings. The predicted octanol–water partition coefficient (Wildman–Crippen LogP) is 2.24. The van der Waals surface area contributed by atoms with E-state index in [-0.39, 0.29) is 11.3 Å². The van der Waals surface area contributed by atoms with Gasteiger partial charge in [-0.15, -0.1) is 11.6 Å². The molecule has 0 aliphatic carbocycles. The summed E-state index contributed by atoms with van der Waals surface area (Å²) >= 11 is 6.17. The van der Waals surface area contributed by atoms with Gasteiger partial charge in [-0.2, -0.15) is 0 Å². The van der Waals surface area contributed by atoms with Crippen molar-refractivity contribution in [1.82, 2.24) is 14.5 Å². The van der Waals surface area contributed by atoms with Gasteiger partial charge < -0.3 is 10.3 Å². The van der Waals surface area contributed by atoms with Crippen LogP contribution in [0.3, 0.4) is 0 Å². The molecule has 6 heteroatoms. The van der Waals surface area contributed by atoms with Crippen molar-refractivity contribution in [2.75, 3.05) is 0 Å². The fraction of sp³-hybridized carbons (Fsp3) is 0.462. The average Bonchev–Trinajstić information content (AvgIpc) is 2.68. The van der Waals surface area contributed by atoms with Crippen LogP contribution in [0.25, 0.3) is 11.0 Å². The third kappa shape index (κ3) is 2.56. The number of fused-ring (bicyclic) bond motifs is 1. The number of alkyl halides is 1. The highest BCUT2D eigenvalue weighted by atomic mass is 35.5. The summed E-state index contributed by atoms with van der Waals surface area (Å²) in [7, 11) is 0. The van der Waals surface area contributed by atoms with Crippen molar-refractivity contribution in [2.45, 2.75) is 32.7 Å². The Hall–Kier alpha value is -1.62. The van der Waals surface area contributed by atoms with Crippen molar-refractivity contribution in [1.29, 1.82) is 0 Å². The molecule has 0 bridgehead atoms. The van der Waals surface area contributed by atoms with Crippen LogP contribution in [0.1, 0.15) is 32.0 Å². The molecule has 102 valence electrons. The van der Waals surface area contributed by atoms with E-state index in [1.165, 1.54) is 0 Å². The molecule has 0 aliphatic heterocycles. The molecule has 1 amide bonds. The summed E-state index contributed by atoms with van der Waals surface area (Å²) in [6.07, 6.45) is 3.38. The zero-order valence-corrected chi connectivity index (χ0v) is 12.0. The number of amides is 1. The van der Waals surface area contributed by atoms with Gasteiger partial charge >= 0.3 is 0 Å². The van der Waals surface area contributed by atoms with Crippen LogP contribution in [0, 0.1) is 5.41 Å². The molecule has 2 aromatic heterocycles. The van der Waals surface area contributed by atoms with E-state index in [1.807, 2.05) is 31.4 Å². The number of nitrogens with zero attached hydrogens (tertiary/aromatic N) is 3. The van der Waals surface area contributed by atoms with Crippen molar-refractivity contribution in [3.8, 4) is 0 Å². The standard InChI is InChI=1S/C13H17ClN4O/c1-8(14)11-17-9-6-16-5-4-10(9)18(11)7-13(2,3)12(15)19/h4-6,8H,7H2,1-3H3,(H2,15,19). The molecule has 2 heterocycles. The highest BCUT2D eigenvalue weighted by Gasteiger charge is 2.28. The summed E-state index contributed by atoms with van der Waals surface area (Å²) in [5, 5.41) is -0.254. The van der Waals surface area contributed by atoms with Gasteiger partial charge in [0.05, 0.1) is 22.5 Å². The minimum atomic E-state index is -0.669. The first kappa shape index (κ1) is 13.8. The summed E-state index contributed by atoms with van der Waals surface area (Å²) < 4.78 is 1.94. The number of primary amides is 1. The largest absolute Gasteiger partial charge is 0.369 e. The lowest BCUT2D eigenvalue weighted by Gasteiger charge is -2.23. The van der Waals surface area contributed by atoms with Gasteiger partial charge in [0, 0.05) is 12.7 Å². The van der Waals surface area contributed by atoms with Crippen LogP contribution in [-0.4, -0.2) is 20.4 Å². The van der Waals surface area contributed by atoms with Crippen LogP contribution in [0.15, 0.2) is 18.5 Å². The number of imidazole rings is 1. The lowest BCUT2D eigenvalue weighted by Crippen LogP contribution is -2.35. The molecule has 0 saturated carbocycles. The van der Waals surface area contributed by atoms with Gasteiger partial charge in [0.2, 0.25) is 5.91 Å². The van der Waals surface area contributed by atoms with E-state index in [4.69, 9.17) is 17.3 Å². The van der Waals surface area contributed by atoms with Gasteiger partial charge in [0.15, 0.2) is 0 Å². The summed E-state index contributed by atoms with van der Waals surface area (Å²) in [6, 6.07) is 1.86. The Balaban J connectivity index is 2.57. The molecule has 5 nitrogen and oxygen atoms in total. The first-order chi connectivity index (χ1) is 8.83. The van der Waals surface area contributed by atoms with E-state index in [2.05, 4.69) is 9.97 Å². The number of carbonyl (C=O) groups is 1. The molecule has 0 radical (unpaired) electrons. The van der Waals surface area contributed by atoms with Crippen LogP contribution in [-0.2, 0) is 11.3 Å². The number of hydrogen-bond acceptors (Lipinski definition) is 3. The zero-order chi connectivity index (χ0) is 14.2. The minimum absolute atomic E-state index is 0.254. The van der Waals surface area contributed by atoms with Crippen LogP contribution in [0.5, 0.6) is 0 Å². The maximum atomic E-state index is 11.5. The zero-order valence-electron chi connectivity index (χ0n) is 11.2. The van der Waals surface area contributed by atoms with Gasteiger partial charge in [0.1, 0.15) is 11.3 Å². The first-order valence-corrected chi connectivity index (χ1v) is 6.50. The highest BCUT2D eigenvalue weighted by molar-refractivity contribution is 6.20. The molecule has 0 aliphatic rings. The lowest BCUT2D eigenvalue weighted by molar-refractivity contribution is -0.126. The second-order valence-electron chi connectivity index (χ2n) is 5.28. The van der Waals surface area contributed by atoms with E-state index in [9.17, 15) is 4.79 Å². The van der Waals surface area contributed by atoms with Crippen LogP contribution in [0.4, 0.5) is 0 Å². The average molecular weight is 281 g/mol. The van der Waals surface area contributed by atoms with Gasteiger partial charge in [0.25, 0.3) is 0 Å². The quantitative estimate of drug-likeness (QED) is 0.873. The molecule has 2 aromatic rings. The third-order valence-corrected chi connectivity index (χ3v) is 3.35. The summed E-state index contributed by atoms with van der Waals surface area (Å²) in [6.45, 7) is 5.91. The van der Waals surface area contributed by atoms with Crippen LogP contribution >= 0.6 is 11.6 Å². The molecular formula is C13H17ClN4O. The van der Waals surface area contributed by atoms with Gasteiger partial charge in [-0.25, -0.2) is 4.98 Å². The highest BCUT2D eigenvalue weighted by Crippen LogP contribution is 2.28.